The number of amides is 1. The number of rotatable bonds is 3. The van der Waals surface area contributed by atoms with Gasteiger partial charge in [-0.3, -0.25) is 4.79 Å². The number of hydrogen-bond acceptors (Lipinski definition) is 4. The van der Waals surface area contributed by atoms with Crippen molar-refractivity contribution in [2.45, 2.75) is 18.9 Å². The number of carbonyl (C=O) groups excluding carboxylic acids is 1. The van der Waals surface area contributed by atoms with E-state index >= 15 is 0 Å². The van der Waals surface area contributed by atoms with E-state index in [4.69, 9.17) is 4.42 Å². The third-order valence-electron chi connectivity index (χ3n) is 2.67. The summed E-state index contributed by atoms with van der Waals surface area (Å²) in [4.78, 5) is 11.7. The van der Waals surface area contributed by atoms with E-state index in [-0.39, 0.29) is 5.91 Å². The van der Waals surface area contributed by atoms with Gasteiger partial charge >= 0.3 is 0 Å². The highest BCUT2D eigenvalue weighted by Crippen LogP contribution is 2.20. The van der Waals surface area contributed by atoms with E-state index in [0.717, 1.165) is 18.4 Å². The first kappa shape index (κ1) is 10.0. The first-order valence-corrected chi connectivity index (χ1v) is 5.50. The topological polar surface area (TPSA) is 68.0 Å². The van der Waals surface area contributed by atoms with Gasteiger partial charge in [0.15, 0.2) is 0 Å². The second-order valence-electron chi connectivity index (χ2n) is 4.07. The molecule has 1 heterocycles. The zero-order chi connectivity index (χ0) is 11.7. The van der Waals surface area contributed by atoms with Crippen LogP contribution in [0.2, 0.25) is 0 Å². The van der Waals surface area contributed by atoms with Crippen LogP contribution in [0.4, 0.5) is 0 Å². The molecular weight excluding hydrogens is 218 g/mol. The maximum Gasteiger partial charge on any atom is 0.251 e. The lowest BCUT2D eigenvalue weighted by Gasteiger charge is -2.03. The molecule has 17 heavy (non-hydrogen) atoms. The molecular formula is C12H11N3O2. The second-order valence-corrected chi connectivity index (χ2v) is 4.07. The Balaban J connectivity index is 1.77. The van der Waals surface area contributed by atoms with Gasteiger partial charge in [-0.1, -0.05) is 0 Å². The van der Waals surface area contributed by atoms with Crippen molar-refractivity contribution in [3.05, 3.63) is 36.2 Å². The normalized spacial score (nSPS) is 14.6. The minimum Gasteiger partial charge on any atom is -0.423 e. The highest BCUT2D eigenvalue weighted by molar-refractivity contribution is 5.94. The molecule has 5 heteroatoms. The van der Waals surface area contributed by atoms with Crippen LogP contribution >= 0.6 is 0 Å². The van der Waals surface area contributed by atoms with E-state index in [1.165, 1.54) is 6.39 Å². The van der Waals surface area contributed by atoms with Crippen LogP contribution in [0.1, 0.15) is 23.2 Å². The molecule has 0 aliphatic heterocycles. The van der Waals surface area contributed by atoms with Crippen LogP contribution in [-0.4, -0.2) is 22.1 Å². The van der Waals surface area contributed by atoms with Gasteiger partial charge < -0.3 is 9.73 Å². The number of benzene rings is 1. The fourth-order valence-electron chi connectivity index (χ4n) is 1.56. The molecule has 1 aromatic carbocycles. The van der Waals surface area contributed by atoms with Crippen LogP contribution in [0.15, 0.2) is 35.1 Å². The van der Waals surface area contributed by atoms with Crippen molar-refractivity contribution in [1.82, 2.24) is 15.5 Å². The Morgan fingerprint density at radius 1 is 1.29 bits per heavy atom. The van der Waals surface area contributed by atoms with Gasteiger partial charge in [0.2, 0.25) is 12.3 Å². The Morgan fingerprint density at radius 3 is 2.65 bits per heavy atom. The van der Waals surface area contributed by atoms with E-state index < -0.39 is 0 Å². The first-order chi connectivity index (χ1) is 8.33. The molecule has 1 saturated carbocycles. The summed E-state index contributed by atoms with van der Waals surface area (Å²) in [5, 5.41) is 10.3. The predicted octanol–water partition coefficient (Wildman–Crippen LogP) is 1.63. The van der Waals surface area contributed by atoms with Crippen molar-refractivity contribution in [1.29, 1.82) is 0 Å². The molecule has 1 fully saturated rings. The summed E-state index contributed by atoms with van der Waals surface area (Å²) in [6.07, 6.45) is 3.46. The summed E-state index contributed by atoms with van der Waals surface area (Å²) in [6.45, 7) is 0. The summed E-state index contributed by atoms with van der Waals surface area (Å²) in [6, 6.07) is 7.50. The molecule has 3 rings (SSSR count). The van der Waals surface area contributed by atoms with Crippen molar-refractivity contribution in [3.8, 4) is 11.5 Å². The van der Waals surface area contributed by atoms with E-state index in [9.17, 15) is 4.79 Å². The van der Waals surface area contributed by atoms with E-state index in [2.05, 4.69) is 15.5 Å². The largest absolute Gasteiger partial charge is 0.423 e. The summed E-state index contributed by atoms with van der Waals surface area (Å²) >= 11 is 0. The van der Waals surface area contributed by atoms with Gasteiger partial charge in [0.25, 0.3) is 5.91 Å². The molecule has 1 amide bonds. The van der Waals surface area contributed by atoms with E-state index in [0.29, 0.717) is 17.5 Å². The zero-order valence-electron chi connectivity index (χ0n) is 9.09. The number of nitrogens with zero attached hydrogens (tertiary/aromatic N) is 2. The highest BCUT2D eigenvalue weighted by Gasteiger charge is 2.23. The monoisotopic (exact) mass is 229 g/mol. The Labute approximate surface area is 97.9 Å². The van der Waals surface area contributed by atoms with Gasteiger partial charge in [-0.15, -0.1) is 10.2 Å². The van der Waals surface area contributed by atoms with Crippen molar-refractivity contribution in [3.63, 3.8) is 0 Å². The Bertz CT molecular complexity index is 515. The van der Waals surface area contributed by atoms with Crippen LogP contribution in [0, 0.1) is 0 Å². The van der Waals surface area contributed by atoms with Gasteiger partial charge in [-0.25, -0.2) is 0 Å². The number of aromatic nitrogens is 2. The molecule has 0 atom stereocenters. The number of hydrogen-bond donors (Lipinski definition) is 1. The van der Waals surface area contributed by atoms with Crippen LogP contribution in [-0.2, 0) is 0 Å². The van der Waals surface area contributed by atoms with Crippen LogP contribution in [0.5, 0.6) is 0 Å². The van der Waals surface area contributed by atoms with Crippen molar-refractivity contribution in [2.24, 2.45) is 0 Å². The molecule has 2 aromatic rings. The quantitative estimate of drug-likeness (QED) is 0.868. The van der Waals surface area contributed by atoms with Crippen LogP contribution in [0.3, 0.4) is 0 Å². The standard InChI is InChI=1S/C12H11N3O2/c16-11(14-10-5-6-10)8-1-3-9(4-2-8)12-15-13-7-17-12/h1-4,7,10H,5-6H2,(H,14,16). The predicted molar refractivity (Wildman–Crippen MR) is 60.2 cm³/mol. The SMILES string of the molecule is O=C(NC1CC1)c1ccc(-c2nnco2)cc1. The fourth-order valence-corrected chi connectivity index (χ4v) is 1.56. The summed E-state index contributed by atoms with van der Waals surface area (Å²) in [7, 11) is 0. The molecule has 1 N–H and O–H groups in total. The smallest absolute Gasteiger partial charge is 0.251 e. The Kier molecular flexibility index (Phi) is 2.36. The maximum atomic E-state index is 11.7. The molecule has 0 saturated heterocycles. The third kappa shape index (κ3) is 2.18. The molecule has 0 bridgehead atoms. The van der Waals surface area contributed by atoms with Crippen molar-refractivity contribution >= 4 is 5.91 Å². The Hall–Kier alpha value is -2.17. The molecule has 1 aliphatic rings. The Morgan fingerprint density at radius 2 is 2.06 bits per heavy atom. The molecule has 1 aromatic heterocycles. The van der Waals surface area contributed by atoms with Gasteiger partial charge in [0.05, 0.1) is 0 Å². The lowest BCUT2D eigenvalue weighted by atomic mass is 10.1. The third-order valence-corrected chi connectivity index (χ3v) is 2.67. The molecule has 0 unspecified atom stereocenters. The average Bonchev–Trinajstić information content (AvgIpc) is 3.00. The van der Waals surface area contributed by atoms with Crippen molar-refractivity contribution < 1.29 is 9.21 Å². The highest BCUT2D eigenvalue weighted by atomic mass is 16.4. The van der Waals surface area contributed by atoms with Gasteiger partial charge in [-0.05, 0) is 37.1 Å². The van der Waals surface area contributed by atoms with E-state index in [1.807, 2.05) is 0 Å². The van der Waals surface area contributed by atoms with E-state index in [1.54, 1.807) is 24.3 Å². The molecule has 86 valence electrons. The lowest BCUT2D eigenvalue weighted by Crippen LogP contribution is -2.25. The first-order valence-electron chi connectivity index (χ1n) is 5.50. The molecule has 1 aliphatic carbocycles. The second kappa shape index (κ2) is 4.01. The summed E-state index contributed by atoms with van der Waals surface area (Å²) < 4.78 is 5.07. The number of nitrogens with one attached hydrogen (secondary N) is 1. The van der Waals surface area contributed by atoms with Crippen molar-refractivity contribution in [2.75, 3.05) is 0 Å². The van der Waals surface area contributed by atoms with Gasteiger partial charge in [0.1, 0.15) is 0 Å². The number of carbonyl (C=O) groups is 1. The maximum absolute atomic E-state index is 11.7. The fraction of sp³-hybridized carbons (Fsp3) is 0.250. The van der Waals surface area contributed by atoms with Gasteiger partial charge in [-0.2, -0.15) is 0 Å². The van der Waals surface area contributed by atoms with Gasteiger partial charge in [0, 0.05) is 17.2 Å². The summed E-state index contributed by atoms with van der Waals surface area (Å²) in [5.41, 5.74) is 1.46. The van der Waals surface area contributed by atoms with Crippen LogP contribution in [0.25, 0.3) is 11.5 Å². The molecule has 0 radical (unpaired) electrons. The minimum atomic E-state index is -0.0235. The average molecular weight is 229 g/mol. The minimum absolute atomic E-state index is 0.0235. The van der Waals surface area contributed by atoms with Crippen LogP contribution < -0.4 is 5.32 Å². The lowest BCUT2D eigenvalue weighted by molar-refractivity contribution is 0.0951. The molecule has 5 nitrogen and oxygen atoms in total. The molecule has 0 spiro atoms. The summed E-state index contributed by atoms with van der Waals surface area (Å²) in [5.74, 6) is 0.434. The zero-order valence-corrected chi connectivity index (χ0v) is 9.09.